The number of carbonyl (C=O) groups is 3. The number of nitrogens with one attached hydrogen (secondary N) is 2. The Labute approximate surface area is 113 Å². The number of aliphatic carboxylic acids is 2. The first-order chi connectivity index (χ1) is 8.88. The first kappa shape index (κ1) is 14.8. The molecule has 0 saturated heterocycles. The molecular formula is C11H11ClN2O5. The van der Waals surface area contributed by atoms with Crippen LogP contribution in [-0.2, 0) is 9.59 Å². The first-order valence-electron chi connectivity index (χ1n) is 5.16. The second-order valence-electron chi connectivity index (χ2n) is 3.59. The van der Waals surface area contributed by atoms with Crippen LogP contribution >= 0.6 is 11.6 Å². The van der Waals surface area contributed by atoms with E-state index in [0.717, 1.165) is 0 Å². The normalized spacial score (nSPS) is 11.4. The maximum atomic E-state index is 11.5. The zero-order valence-corrected chi connectivity index (χ0v) is 10.3. The summed E-state index contributed by atoms with van der Waals surface area (Å²) < 4.78 is 0. The van der Waals surface area contributed by atoms with Gasteiger partial charge in [0.25, 0.3) is 0 Å². The molecule has 8 heteroatoms. The van der Waals surface area contributed by atoms with Crippen LogP contribution in [0.1, 0.15) is 6.42 Å². The van der Waals surface area contributed by atoms with Gasteiger partial charge in [0.05, 0.1) is 6.42 Å². The quantitative estimate of drug-likeness (QED) is 0.653. The summed E-state index contributed by atoms with van der Waals surface area (Å²) in [5.74, 6) is -2.74. The largest absolute Gasteiger partial charge is 0.481 e. The maximum absolute atomic E-state index is 11.5. The van der Waals surface area contributed by atoms with Crippen molar-refractivity contribution >= 4 is 35.3 Å². The molecule has 0 aliphatic carbocycles. The molecule has 0 unspecified atom stereocenters. The Morgan fingerprint density at radius 1 is 1.16 bits per heavy atom. The minimum absolute atomic E-state index is 0.404. The molecule has 1 atom stereocenters. The van der Waals surface area contributed by atoms with E-state index in [1.54, 1.807) is 12.1 Å². The number of halogens is 1. The standard InChI is InChI=1S/C11H11ClN2O5/c12-6-1-3-7(4-2-6)13-11(19)14-8(10(17)18)5-9(15)16/h1-4,8H,5H2,(H,15,16)(H,17,18)(H2,13,14,19)/t8-/m0/s1. The van der Waals surface area contributed by atoms with Crippen LogP contribution in [0.4, 0.5) is 10.5 Å². The fourth-order valence-electron chi connectivity index (χ4n) is 1.23. The summed E-state index contributed by atoms with van der Waals surface area (Å²) in [6.07, 6.45) is -0.705. The van der Waals surface area contributed by atoms with Crippen molar-refractivity contribution in [2.45, 2.75) is 12.5 Å². The highest BCUT2D eigenvalue weighted by Gasteiger charge is 2.22. The molecule has 4 N–H and O–H groups in total. The van der Waals surface area contributed by atoms with Crippen LogP contribution in [0.2, 0.25) is 5.02 Å². The minimum atomic E-state index is -1.50. The Morgan fingerprint density at radius 3 is 2.21 bits per heavy atom. The monoisotopic (exact) mass is 286 g/mol. The predicted octanol–water partition coefficient (Wildman–Crippen LogP) is 1.39. The summed E-state index contributed by atoms with van der Waals surface area (Å²) >= 11 is 5.66. The van der Waals surface area contributed by atoms with Gasteiger partial charge in [-0.2, -0.15) is 0 Å². The summed E-state index contributed by atoms with van der Waals surface area (Å²) in [6, 6.07) is 3.83. The summed E-state index contributed by atoms with van der Waals surface area (Å²) in [5.41, 5.74) is 0.404. The van der Waals surface area contributed by atoms with Crippen LogP contribution in [0.5, 0.6) is 0 Å². The lowest BCUT2D eigenvalue weighted by molar-refractivity contribution is -0.145. The molecule has 0 radical (unpaired) electrons. The van der Waals surface area contributed by atoms with Crippen molar-refractivity contribution in [3.63, 3.8) is 0 Å². The van der Waals surface area contributed by atoms with Crippen LogP contribution in [-0.4, -0.2) is 34.2 Å². The van der Waals surface area contributed by atoms with Crippen molar-refractivity contribution in [3.8, 4) is 0 Å². The Balaban J connectivity index is 2.59. The molecule has 1 aromatic carbocycles. The summed E-state index contributed by atoms with van der Waals surface area (Å²) in [5, 5.41) is 22.2. The first-order valence-corrected chi connectivity index (χ1v) is 5.54. The van der Waals surface area contributed by atoms with Crippen LogP contribution in [0.15, 0.2) is 24.3 Å². The van der Waals surface area contributed by atoms with Crippen molar-refractivity contribution < 1.29 is 24.6 Å². The average Bonchev–Trinajstić information content (AvgIpc) is 2.30. The smallest absolute Gasteiger partial charge is 0.326 e. The SMILES string of the molecule is O=C(O)C[C@H](NC(=O)Nc1ccc(Cl)cc1)C(=O)O. The molecular weight excluding hydrogens is 276 g/mol. The molecule has 0 aliphatic rings. The van der Waals surface area contributed by atoms with Gasteiger partial charge in [-0.1, -0.05) is 11.6 Å². The van der Waals surface area contributed by atoms with Crippen LogP contribution in [0, 0.1) is 0 Å². The van der Waals surface area contributed by atoms with E-state index in [1.165, 1.54) is 12.1 Å². The van der Waals surface area contributed by atoms with E-state index < -0.39 is 30.4 Å². The van der Waals surface area contributed by atoms with E-state index in [1.807, 2.05) is 5.32 Å². The summed E-state index contributed by atoms with van der Waals surface area (Å²) in [7, 11) is 0. The van der Waals surface area contributed by atoms with E-state index in [2.05, 4.69) is 5.32 Å². The fourth-order valence-corrected chi connectivity index (χ4v) is 1.36. The van der Waals surface area contributed by atoms with E-state index in [4.69, 9.17) is 21.8 Å². The van der Waals surface area contributed by atoms with Gasteiger partial charge in [-0.15, -0.1) is 0 Å². The molecule has 0 saturated carbocycles. The average molecular weight is 287 g/mol. The van der Waals surface area contributed by atoms with Gasteiger partial charge in [0.15, 0.2) is 0 Å². The highest BCUT2D eigenvalue weighted by molar-refractivity contribution is 6.30. The van der Waals surface area contributed by atoms with Gasteiger partial charge in [-0.25, -0.2) is 9.59 Å². The van der Waals surface area contributed by atoms with Gasteiger partial charge in [0, 0.05) is 10.7 Å². The number of carboxylic acid groups (broad SMARTS) is 2. The Bertz CT molecular complexity index is 488. The number of anilines is 1. The van der Waals surface area contributed by atoms with E-state index in [0.29, 0.717) is 10.7 Å². The third-order valence-corrected chi connectivity index (χ3v) is 2.34. The number of hydrogen-bond donors (Lipinski definition) is 4. The Morgan fingerprint density at radius 2 is 1.74 bits per heavy atom. The van der Waals surface area contributed by atoms with Crippen LogP contribution < -0.4 is 10.6 Å². The number of carboxylic acids is 2. The van der Waals surface area contributed by atoms with Crippen LogP contribution in [0.3, 0.4) is 0 Å². The van der Waals surface area contributed by atoms with Gasteiger partial charge >= 0.3 is 18.0 Å². The lowest BCUT2D eigenvalue weighted by Gasteiger charge is -2.13. The predicted molar refractivity (Wildman–Crippen MR) is 67.3 cm³/mol. The van der Waals surface area contributed by atoms with Crippen molar-refractivity contribution in [3.05, 3.63) is 29.3 Å². The summed E-state index contributed by atoms with van der Waals surface area (Å²) in [6.45, 7) is 0. The molecule has 0 heterocycles. The van der Waals surface area contributed by atoms with Gasteiger partial charge in [0.1, 0.15) is 6.04 Å². The number of rotatable bonds is 5. The van der Waals surface area contributed by atoms with Gasteiger partial charge in [0.2, 0.25) is 0 Å². The zero-order valence-electron chi connectivity index (χ0n) is 9.59. The Hall–Kier alpha value is -2.28. The second-order valence-corrected chi connectivity index (χ2v) is 4.03. The van der Waals surface area contributed by atoms with E-state index in [9.17, 15) is 14.4 Å². The van der Waals surface area contributed by atoms with Crippen LogP contribution in [0.25, 0.3) is 0 Å². The van der Waals surface area contributed by atoms with Gasteiger partial charge in [-0.3, -0.25) is 4.79 Å². The molecule has 0 aromatic heterocycles. The minimum Gasteiger partial charge on any atom is -0.481 e. The molecule has 0 bridgehead atoms. The molecule has 0 fully saturated rings. The van der Waals surface area contributed by atoms with Gasteiger partial charge < -0.3 is 20.8 Å². The molecule has 0 spiro atoms. The number of hydrogen-bond acceptors (Lipinski definition) is 3. The number of urea groups is 1. The third-order valence-electron chi connectivity index (χ3n) is 2.08. The number of benzene rings is 1. The molecule has 1 aromatic rings. The van der Waals surface area contributed by atoms with Crippen molar-refractivity contribution in [1.82, 2.24) is 5.32 Å². The summed E-state index contributed by atoms with van der Waals surface area (Å²) in [4.78, 5) is 32.7. The molecule has 0 aliphatic heterocycles. The lowest BCUT2D eigenvalue weighted by Crippen LogP contribution is -2.44. The third kappa shape index (κ3) is 5.26. The van der Waals surface area contributed by atoms with Gasteiger partial charge in [-0.05, 0) is 24.3 Å². The molecule has 2 amide bonds. The van der Waals surface area contributed by atoms with Crippen molar-refractivity contribution in [2.75, 3.05) is 5.32 Å². The topological polar surface area (TPSA) is 116 Å². The second kappa shape index (κ2) is 6.60. The highest BCUT2D eigenvalue weighted by Crippen LogP contribution is 2.13. The van der Waals surface area contributed by atoms with Crippen molar-refractivity contribution in [2.24, 2.45) is 0 Å². The van der Waals surface area contributed by atoms with E-state index >= 15 is 0 Å². The van der Waals surface area contributed by atoms with E-state index in [-0.39, 0.29) is 0 Å². The lowest BCUT2D eigenvalue weighted by atomic mass is 10.2. The fraction of sp³-hybridized carbons (Fsp3) is 0.182. The van der Waals surface area contributed by atoms with Crippen molar-refractivity contribution in [1.29, 1.82) is 0 Å². The molecule has 102 valence electrons. The molecule has 7 nitrogen and oxygen atoms in total. The Kier molecular flexibility index (Phi) is 5.13. The number of carbonyl (C=O) groups excluding carboxylic acids is 1. The highest BCUT2D eigenvalue weighted by atomic mass is 35.5. The molecule has 1 rings (SSSR count). The zero-order chi connectivity index (χ0) is 14.4. The maximum Gasteiger partial charge on any atom is 0.326 e. The number of amides is 2. The molecule has 19 heavy (non-hydrogen) atoms.